The van der Waals surface area contributed by atoms with Gasteiger partial charge in [-0.3, -0.25) is 14.2 Å². The summed E-state index contributed by atoms with van der Waals surface area (Å²) in [5.41, 5.74) is 0. The molecule has 0 heterocycles. The highest BCUT2D eigenvalue weighted by atomic mass is 31.2. The molecule has 0 spiro atoms. The summed E-state index contributed by atoms with van der Waals surface area (Å²) in [4.78, 5) is 38.3. The molecule has 0 saturated heterocycles. The molecule has 628 valence electrons. The van der Waals surface area contributed by atoms with Gasteiger partial charge in [0.15, 0.2) is 6.10 Å². The second-order valence-corrected chi connectivity index (χ2v) is 35.5. The lowest BCUT2D eigenvalue weighted by molar-refractivity contribution is -0.870. The predicted octanol–water partition coefficient (Wildman–Crippen LogP) is 31.8. The van der Waals surface area contributed by atoms with Crippen LogP contribution in [0.25, 0.3) is 0 Å². The molecule has 9 nitrogen and oxygen atoms in total. The monoisotopic (exact) mass is 1510 g/mol. The summed E-state index contributed by atoms with van der Waals surface area (Å²) in [6.45, 7) is 4.33. The summed E-state index contributed by atoms with van der Waals surface area (Å²) in [6, 6.07) is 0. The Morgan fingerprint density at radius 2 is 0.509 bits per heavy atom. The number of esters is 2. The van der Waals surface area contributed by atoms with E-state index in [0.717, 1.165) is 44.9 Å². The van der Waals surface area contributed by atoms with Crippen LogP contribution in [0.5, 0.6) is 0 Å². The number of quaternary nitrogens is 1. The molecule has 0 saturated carbocycles. The number of allylic oxidation sites excluding steroid dienone is 6. The first-order valence-electron chi connectivity index (χ1n) is 47.7. The summed E-state index contributed by atoms with van der Waals surface area (Å²) in [5.74, 6) is -0.801. The maximum Gasteiger partial charge on any atom is 0.306 e. The quantitative estimate of drug-likeness (QED) is 0.0195. The van der Waals surface area contributed by atoms with Crippen LogP contribution in [0.1, 0.15) is 515 Å². The molecule has 0 N–H and O–H groups in total. The van der Waals surface area contributed by atoms with Crippen molar-refractivity contribution >= 4 is 19.8 Å². The minimum Gasteiger partial charge on any atom is -0.756 e. The van der Waals surface area contributed by atoms with Crippen LogP contribution in [0.2, 0.25) is 0 Å². The maximum absolute atomic E-state index is 12.9. The SMILES string of the molecule is CCCCCCC/C=C\C/C=C\C/C=C\CCCCCCCCCCCCCCCCCCCCCCCCCCCCC(=O)OC(COC(=O)CCCCCCCCCCCCCCCCCCCCCCCCCCCCCCCCCCCCCCCCCCC)COP(=O)([O-])OCC[N+](C)(C)C. The van der Waals surface area contributed by atoms with Gasteiger partial charge in [-0.1, -0.05) is 487 Å². The molecule has 0 aliphatic heterocycles. The zero-order valence-electron chi connectivity index (χ0n) is 72.2. The van der Waals surface area contributed by atoms with Gasteiger partial charge in [-0.05, 0) is 51.4 Å². The number of likely N-dealkylation sites (N-methyl/N-ethyl adjacent to an activating group) is 1. The predicted molar refractivity (Wildman–Crippen MR) is 462 cm³/mol. The minimum absolute atomic E-state index is 0.0263. The zero-order chi connectivity index (χ0) is 76.8. The minimum atomic E-state index is -4.65. The summed E-state index contributed by atoms with van der Waals surface area (Å²) in [7, 11) is 1.20. The van der Waals surface area contributed by atoms with E-state index >= 15 is 0 Å². The third kappa shape index (κ3) is 91.1. The molecule has 106 heavy (non-hydrogen) atoms. The molecule has 2 atom stereocenters. The molecule has 10 heteroatoms. The average molecular weight is 1510 g/mol. The van der Waals surface area contributed by atoms with E-state index in [0.29, 0.717) is 17.4 Å². The van der Waals surface area contributed by atoms with Gasteiger partial charge in [0.2, 0.25) is 0 Å². The van der Waals surface area contributed by atoms with Crippen molar-refractivity contribution < 1.29 is 42.1 Å². The van der Waals surface area contributed by atoms with Crippen LogP contribution >= 0.6 is 7.82 Å². The van der Waals surface area contributed by atoms with Gasteiger partial charge in [0.25, 0.3) is 7.82 Å². The first kappa shape index (κ1) is 104. The van der Waals surface area contributed by atoms with Crippen LogP contribution < -0.4 is 4.89 Å². The molecule has 0 bridgehead atoms. The molecule has 2 unspecified atom stereocenters. The van der Waals surface area contributed by atoms with E-state index in [4.69, 9.17) is 18.5 Å². The number of phosphoric acid groups is 1. The van der Waals surface area contributed by atoms with E-state index in [1.54, 1.807) is 0 Å². The van der Waals surface area contributed by atoms with E-state index in [9.17, 15) is 19.0 Å². The summed E-state index contributed by atoms with van der Waals surface area (Å²) < 4.78 is 34.5. The van der Waals surface area contributed by atoms with Crippen LogP contribution in [-0.4, -0.2) is 70.0 Å². The number of ether oxygens (including phenoxy) is 2. The Labute approximate surface area is 662 Å². The van der Waals surface area contributed by atoms with E-state index in [1.807, 2.05) is 21.1 Å². The van der Waals surface area contributed by atoms with E-state index < -0.39 is 26.5 Å². The molecule has 0 fully saturated rings. The standard InChI is InChI=1S/C96H186NO8P/c1-6-8-10-12-14-16-18-20-22-24-26-28-30-32-34-36-38-40-42-44-46-48-50-52-54-56-58-60-62-64-66-68-70-72-74-76-78-80-82-84-86-88-95(98)102-92-94(93-104-106(100,101)103-91-90-97(3,4)5)105-96(99)89-87-85-83-81-79-77-75-73-71-69-67-65-63-61-59-57-55-53-51-49-47-45-43-41-39-37-35-33-31-29-27-25-23-21-19-17-15-13-11-9-7-2/h19,21,25,27,31,33,94H,6-18,20,22-24,26,28-30,32,34-93H2,1-5H3/b21-19-,27-25-,33-31-. The van der Waals surface area contributed by atoms with Crippen molar-refractivity contribution in [1.29, 1.82) is 0 Å². The number of nitrogens with zero attached hydrogens (tertiary/aromatic N) is 1. The van der Waals surface area contributed by atoms with Crippen LogP contribution in [0.15, 0.2) is 36.5 Å². The highest BCUT2D eigenvalue weighted by Crippen LogP contribution is 2.38. The normalized spacial score (nSPS) is 13.0. The fourth-order valence-corrected chi connectivity index (χ4v) is 15.6. The third-order valence-corrected chi connectivity index (χ3v) is 23.1. The summed E-state index contributed by atoms with van der Waals surface area (Å²) in [5, 5.41) is 0. The summed E-state index contributed by atoms with van der Waals surface area (Å²) >= 11 is 0. The van der Waals surface area contributed by atoms with Crippen LogP contribution in [0.3, 0.4) is 0 Å². The molecule has 0 aliphatic carbocycles. The van der Waals surface area contributed by atoms with Crippen molar-refractivity contribution in [2.75, 3.05) is 47.5 Å². The fourth-order valence-electron chi connectivity index (χ4n) is 14.9. The van der Waals surface area contributed by atoms with Crippen LogP contribution in [0.4, 0.5) is 0 Å². The molecule has 0 rings (SSSR count). The van der Waals surface area contributed by atoms with Gasteiger partial charge in [0, 0.05) is 12.8 Å². The fraction of sp³-hybridized carbons (Fsp3) is 0.917. The molecule has 0 aromatic carbocycles. The lowest BCUT2D eigenvalue weighted by atomic mass is 10.0. The molecule has 0 radical (unpaired) electrons. The Kier molecular flexibility index (Phi) is 85.7. The van der Waals surface area contributed by atoms with E-state index in [1.165, 1.54) is 437 Å². The number of unbranched alkanes of at least 4 members (excludes halogenated alkanes) is 71. The largest absolute Gasteiger partial charge is 0.756 e. The Morgan fingerprint density at radius 1 is 0.292 bits per heavy atom. The van der Waals surface area contributed by atoms with E-state index in [-0.39, 0.29) is 32.0 Å². The average Bonchev–Trinajstić information content (AvgIpc) is 0.908. The van der Waals surface area contributed by atoms with Crippen molar-refractivity contribution in [1.82, 2.24) is 0 Å². The molecular formula is C96H186NO8P. The van der Waals surface area contributed by atoms with Gasteiger partial charge in [-0.15, -0.1) is 0 Å². The van der Waals surface area contributed by atoms with Crippen molar-refractivity contribution in [2.45, 2.75) is 521 Å². The molecular weight excluding hydrogens is 1330 g/mol. The number of carbonyl (C=O) groups is 2. The topological polar surface area (TPSA) is 111 Å². The lowest BCUT2D eigenvalue weighted by Crippen LogP contribution is -2.37. The van der Waals surface area contributed by atoms with Crippen molar-refractivity contribution in [3.8, 4) is 0 Å². The number of phosphoric ester groups is 1. The van der Waals surface area contributed by atoms with Gasteiger partial charge in [0.1, 0.15) is 19.8 Å². The first-order chi connectivity index (χ1) is 52.0. The smallest absolute Gasteiger partial charge is 0.306 e. The highest BCUT2D eigenvalue weighted by Gasteiger charge is 2.22. The number of hydrogen-bond donors (Lipinski definition) is 0. The Balaban J connectivity index is 3.80. The lowest BCUT2D eigenvalue weighted by Gasteiger charge is -2.28. The van der Waals surface area contributed by atoms with E-state index in [2.05, 4.69) is 50.3 Å². The van der Waals surface area contributed by atoms with Gasteiger partial charge in [0.05, 0.1) is 27.7 Å². The Hall–Kier alpha value is -1.77. The number of carbonyl (C=O) groups excluding carboxylic acids is 2. The van der Waals surface area contributed by atoms with Gasteiger partial charge in [-0.2, -0.15) is 0 Å². The summed E-state index contributed by atoms with van der Waals surface area (Å²) in [6.07, 6.45) is 116. The van der Waals surface area contributed by atoms with Crippen molar-refractivity contribution in [2.24, 2.45) is 0 Å². The molecule has 0 aromatic heterocycles. The number of hydrogen-bond acceptors (Lipinski definition) is 8. The Morgan fingerprint density at radius 3 is 0.755 bits per heavy atom. The van der Waals surface area contributed by atoms with Gasteiger partial charge >= 0.3 is 11.9 Å². The van der Waals surface area contributed by atoms with Crippen molar-refractivity contribution in [3.63, 3.8) is 0 Å². The van der Waals surface area contributed by atoms with Crippen LogP contribution in [-0.2, 0) is 32.7 Å². The van der Waals surface area contributed by atoms with Gasteiger partial charge < -0.3 is 27.9 Å². The molecule has 0 aliphatic rings. The van der Waals surface area contributed by atoms with Gasteiger partial charge in [-0.25, -0.2) is 0 Å². The Bertz CT molecular complexity index is 1880. The highest BCUT2D eigenvalue weighted by molar-refractivity contribution is 7.45. The first-order valence-corrected chi connectivity index (χ1v) is 49.2. The van der Waals surface area contributed by atoms with Crippen molar-refractivity contribution in [3.05, 3.63) is 36.5 Å². The second-order valence-electron chi connectivity index (χ2n) is 34.1. The molecule has 0 aromatic rings. The third-order valence-electron chi connectivity index (χ3n) is 22.2. The second kappa shape index (κ2) is 87.2. The zero-order valence-corrected chi connectivity index (χ0v) is 73.1. The molecule has 0 amide bonds. The number of rotatable bonds is 91. The maximum atomic E-state index is 12.9. The van der Waals surface area contributed by atoms with Crippen LogP contribution in [0, 0.1) is 0 Å².